The molecule has 0 heterocycles. The second-order valence-corrected chi connectivity index (χ2v) is 2.75. The van der Waals surface area contributed by atoms with Crippen LogP contribution in [0.2, 0.25) is 0 Å². The SMILES string of the molecule is O=[P+]([O-])OC(O)c1ccccc1. The van der Waals surface area contributed by atoms with Gasteiger partial charge in [-0.05, 0) is 4.57 Å². The molecule has 0 amide bonds. The van der Waals surface area contributed by atoms with Crippen molar-refractivity contribution in [3.8, 4) is 0 Å². The molecule has 0 radical (unpaired) electrons. The van der Waals surface area contributed by atoms with Crippen molar-refractivity contribution < 1.29 is 19.1 Å². The van der Waals surface area contributed by atoms with Gasteiger partial charge in [-0.25, -0.2) is 0 Å². The molecule has 1 aromatic carbocycles. The Balaban J connectivity index is 2.65. The zero-order valence-corrected chi connectivity index (χ0v) is 6.98. The van der Waals surface area contributed by atoms with Gasteiger partial charge in [0.25, 0.3) is 0 Å². The molecule has 1 N–H and O–H groups in total. The molecular weight excluding hydrogens is 179 g/mol. The Kier molecular flexibility index (Phi) is 3.31. The van der Waals surface area contributed by atoms with Gasteiger partial charge >= 0.3 is 8.25 Å². The minimum atomic E-state index is -3.01. The van der Waals surface area contributed by atoms with Crippen LogP contribution in [0.4, 0.5) is 0 Å². The molecule has 0 spiro atoms. The van der Waals surface area contributed by atoms with Crippen LogP contribution in [-0.4, -0.2) is 5.11 Å². The van der Waals surface area contributed by atoms with Crippen molar-refractivity contribution in [1.29, 1.82) is 0 Å². The summed E-state index contributed by atoms with van der Waals surface area (Å²) >= 11 is 0. The molecule has 0 aliphatic carbocycles. The molecule has 2 unspecified atom stereocenters. The van der Waals surface area contributed by atoms with Crippen molar-refractivity contribution >= 4 is 8.25 Å². The molecular formula is C7H7O4P. The van der Waals surface area contributed by atoms with Crippen LogP contribution in [0.15, 0.2) is 30.3 Å². The summed E-state index contributed by atoms with van der Waals surface area (Å²) < 4.78 is 14.2. The van der Waals surface area contributed by atoms with E-state index in [1.807, 2.05) is 0 Å². The maximum absolute atomic E-state index is 10.0. The van der Waals surface area contributed by atoms with Crippen molar-refractivity contribution in [3.63, 3.8) is 0 Å². The summed E-state index contributed by atoms with van der Waals surface area (Å²) in [4.78, 5) is 10.0. The number of hydrogen-bond donors (Lipinski definition) is 1. The Hall–Kier alpha value is -0.800. The monoisotopic (exact) mass is 186 g/mol. The van der Waals surface area contributed by atoms with Crippen molar-refractivity contribution in [2.45, 2.75) is 6.29 Å². The van der Waals surface area contributed by atoms with Crippen LogP contribution in [0.5, 0.6) is 0 Å². The molecule has 0 aliphatic heterocycles. The Morgan fingerprint density at radius 2 is 2.00 bits per heavy atom. The zero-order valence-electron chi connectivity index (χ0n) is 6.08. The van der Waals surface area contributed by atoms with E-state index in [4.69, 9.17) is 5.11 Å². The fraction of sp³-hybridized carbons (Fsp3) is 0.143. The molecule has 0 aliphatic rings. The van der Waals surface area contributed by atoms with Gasteiger partial charge in [-0.1, -0.05) is 30.3 Å². The number of aliphatic hydroxyl groups excluding tert-OH is 1. The van der Waals surface area contributed by atoms with E-state index >= 15 is 0 Å². The summed E-state index contributed by atoms with van der Waals surface area (Å²) in [5, 5.41) is 9.08. The molecule has 12 heavy (non-hydrogen) atoms. The minimum Gasteiger partial charge on any atom is -0.566 e. The highest BCUT2D eigenvalue weighted by molar-refractivity contribution is 7.30. The first kappa shape index (κ1) is 9.29. The van der Waals surface area contributed by atoms with Gasteiger partial charge in [0.2, 0.25) is 6.29 Å². The van der Waals surface area contributed by atoms with Crippen molar-refractivity contribution in [3.05, 3.63) is 35.9 Å². The summed E-state index contributed by atoms with van der Waals surface area (Å²) in [6.45, 7) is 0. The molecule has 4 nitrogen and oxygen atoms in total. The van der Waals surface area contributed by atoms with E-state index in [1.165, 1.54) is 0 Å². The lowest BCUT2D eigenvalue weighted by atomic mass is 10.2. The lowest BCUT2D eigenvalue weighted by molar-refractivity contribution is -0.201. The second-order valence-electron chi connectivity index (χ2n) is 2.09. The van der Waals surface area contributed by atoms with Gasteiger partial charge in [-0.3, -0.25) is 0 Å². The van der Waals surface area contributed by atoms with Gasteiger partial charge in [-0.2, -0.15) is 0 Å². The normalized spacial score (nSPS) is 14.0. The molecule has 0 fully saturated rings. The first-order valence-corrected chi connectivity index (χ1v) is 4.34. The number of hydrogen-bond acceptors (Lipinski definition) is 4. The first-order valence-electron chi connectivity index (χ1n) is 3.24. The summed E-state index contributed by atoms with van der Waals surface area (Å²) in [7, 11) is -3.01. The molecule has 0 aromatic heterocycles. The quantitative estimate of drug-likeness (QED) is 0.557. The topological polar surface area (TPSA) is 69.6 Å². The lowest BCUT2D eigenvalue weighted by Crippen LogP contribution is -2.01. The summed E-state index contributed by atoms with van der Waals surface area (Å²) in [5.41, 5.74) is 0.414. The van der Waals surface area contributed by atoms with Gasteiger partial charge in [0, 0.05) is 5.56 Å². The van der Waals surface area contributed by atoms with Crippen LogP contribution >= 0.6 is 8.25 Å². The van der Waals surface area contributed by atoms with E-state index < -0.39 is 14.5 Å². The van der Waals surface area contributed by atoms with E-state index in [-0.39, 0.29) is 0 Å². The van der Waals surface area contributed by atoms with Crippen LogP contribution in [-0.2, 0) is 9.09 Å². The van der Waals surface area contributed by atoms with Crippen LogP contribution in [0.3, 0.4) is 0 Å². The number of benzene rings is 1. The molecule has 64 valence electrons. The molecule has 2 atom stereocenters. The van der Waals surface area contributed by atoms with E-state index in [2.05, 4.69) is 4.52 Å². The number of aliphatic hydroxyl groups is 1. The van der Waals surface area contributed by atoms with Gasteiger partial charge < -0.3 is 10.00 Å². The van der Waals surface area contributed by atoms with E-state index in [9.17, 15) is 9.46 Å². The van der Waals surface area contributed by atoms with Crippen molar-refractivity contribution in [2.24, 2.45) is 0 Å². The molecule has 1 rings (SSSR count). The van der Waals surface area contributed by atoms with Gasteiger partial charge in [0.1, 0.15) is 0 Å². The Bertz CT molecular complexity index is 261. The highest BCUT2D eigenvalue weighted by Crippen LogP contribution is 2.23. The third-order valence-electron chi connectivity index (χ3n) is 1.27. The number of rotatable bonds is 3. The highest BCUT2D eigenvalue weighted by atomic mass is 31.1. The van der Waals surface area contributed by atoms with Crippen molar-refractivity contribution in [2.75, 3.05) is 0 Å². The van der Waals surface area contributed by atoms with E-state index in [1.54, 1.807) is 30.3 Å². The van der Waals surface area contributed by atoms with E-state index in [0.717, 1.165) is 0 Å². The Morgan fingerprint density at radius 3 is 2.50 bits per heavy atom. The lowest BCUT2D eigenvalue weighted by Gasteiger charge is -2.03. The molecule has 5 heteroatoms. The van der Waals surface area contributed by atoms with Crippen LogP contribution in [0.1, 0.15) is 11.9 Å². The molecule has 0 bridgehead atoms. The van der Waals surface area contributed by atoms with Gasteiger partial charge in [0.15, 0.2) is 0 Å². The van der Waals surface area contributed by atoms with Crippen LogP contribution in [0.25, 0.3) is 0 Å². The third-order valence-corrected chi connectivity index (χ3v) is 1.64. The van der Waals surface area contributed by atoms with Crippen LogP contribution in [0, 0.1) is 0 Å². The average molecular weight is 186 g/mol. The maximum Gasteiger partial charge on any atom is 0.491 e. The standard InChI is InChI=1S/C7H7O4P/c8-7(11-12(9)10)6-4-2-1-3-5-6/h1-5,7-8H. The highest BCUT2D eigenvalue weighted by Gasteiger charge is 2.14. The molecule has 1 aromatic rings. The second kappa shape index (κ2) is 4.28. The van der Waals surface area contributed by atoms with Crippen LogP contribution < -0.4 is 4.89 Å². The first-order chi connectivity index (χ1) is 5.70. The van der Waals surface area contributed by atoms with E-state index in [0.29, 0.717) is 5.56 Å². The smallest absolute Gasteiger partial charge is 0.491 e. The minimum absolute atomic E-state index is 0.414. The average Bonchev–Trinajstić information content (AvgIpc) is 2.05. The summed E-state index contributed by atoms with van der Waals surface area (Å²) in [6, 6.07) is 8.26. The summed E-state index contributed by atoms with van der Waals surface area (Å²) in [6.07, 6.45) is -1.40. The predicted octanol–water partition coefficient (Wildman–Crippen LogP) is 0.712. The van der Waals surface area contributed by atoms with Gasteiger partial charge in [-0.15, -0.1) is 4.52 Å². The van der Waals surface area contributed by atoms with Crippen molar-refractivity contribution in [1.82, 2.24) is 0 Å². The third kappa shape index (κ3) is 2.68. The molecule has 0 saturated heterocycles. The van der Waals surface area contributed by atoms with Gasteiger partial charge in [0.05, 0.1) is 0 Å². The Labute approximate surface area is 70.4 Å². The molecule has 0 saturated carbocycles. The fourth-order valence-electron chi connectivity index (χ4n) is 0.760. The Morgan fingerprint density at radius 1 is 1.42 bits per heavy atom. The summed E-state index contributed by atoms with van der Waals surface area (Å²) in [5.74, 6) is 0. The predicted molar refractivity (Wildman–Crippen MR) is 40.1 cm³/mol. The maximum atomic E-state index is 10.0. The fourth-order valence-corrected chi connectivity index (χ4v) is 1.04. The largest absolute Gasteiger partial charge is 0.566 e. The zero-order chi connectivity index (χ0) is 8.97.